The lowest BCUT2D eigenvalue weighted by atomic mass is 10.0. The number of hydrogen-bond acceptors (Lipinski definition) is 4. The first-order valence-corrected chi connectivity index (χ1v) is 7.64. The fourth-order valence-electron chi connectivity index (χ4n) is 2.67. The van der Waals surface area contributed by atoms with Crippen molar-refractivity contribution in [3.63, 3.8) is 0 Å². The molecule has 0 saturated heterocycles. The molecule has 2 aromatic carbocycles. The van der Waals surface area contributed by atoms with Gasteiger partial charge >= 0.3 is 11.9 Å². The highest BCUT2D eigenvalue weighted by Gasteiger charge is 2.22. The minimum Gasteiger partial charge on any atom is -0.462 e. The van der Waals surface area contributed by atoms with Crippen molar-refractivity contribution >= 4 is 33.7 Å². The Morgan fingerprint density at radius 2 is 1.50 bits per heavy atom. The third kappa shape index (κ3) is 2.71. The van der Waals surface area contributed by atoms with Crippen molar-refractivity contribution < 1.29 is 23.5 Å². The summed E-state index contributed by atoms with van der Waals surface area (Å²) < 4.78 is 23.6. The van der Waals surface area contributed by atoms with Crippen LogP contribution in [0.1, 0.15) is 34.6 Å². The van der Waals surface area contributed by atoms with Gasteiger partial charge in [0.25, 0.3) is 0 Å². The van der Waals surface area contributed by atoms with E-state index in [0.29, 0.717) is 21.8 Å². The number of carbonyl (C=O) groups is 2. The Hall–Kier alpha value is -2.89. The number of hydrogen-bond donors (Lipinski definition) is 1. The lowest BCUT2D eigenvalue weighted by Gasteiger charge is -2.09. The number of ether oxygens (including phenoxy) is 2. The summed E-state index contributed by atoms with van der Waals surface area (Å²) in [5, 5.41) is 1.27. The largest absolute Gasteiger partial charge is 0.462 e. The molecule has 6 heteroatoms. The molecule has 1 heterocycles. The molecular formula is C18H16FNO4. The summed E-state index contributed by atoms with van der Waals surface area (Å²) >= 11 is 0. The van der Waals surface area contributed by atoms with Crippen LogP contribution in [0.4, 0.5) is 4.39 Å². The Morgan fingerprint density at radius 1 is 0.917 bits per heavy atom. The van der Waals surface area contributed by atoms with E-state index in [1.54, 1.807) is 19.9 Å². The number of carbonyl (C=O) groups excluding carboxylic acids is 2. The van der Waals surface area contributed by atoms with E-state index in [-0.39, 0.29) is 30.2 Å². The molecule has 24 heavy (non-hydrogen) atoms. The van der Waals surface area contributed by atoms with Gasteiger partial charge in [0, 0.05) is 21.8 Å². The normalized spacial score (nSPS) is 11.0. The number of halogens is 1. The molecule has 0 amide bonds. The summed E-state index contributed by atoms with van der Waals surface area (Å²) in [7, 11) is 0. The van der Waals surface area contributed by atoms with Gasteiger partial charge in [-0.2, -0.15) is 0 Å². The van der Waals surface area contributed by atoms with Crippen LogP contribution in [0.15, 0.2) is 30.3 Å². The van der Waals surface area contributed by atoms with E-state index in [4.69, 9.17) is 9.47 Å². The molecule has 0 atom stereocenters. The van der Waals surface area contributed by atoms with Crippen LogP contribution >= 0.6 is 0 Å². The van der Waals surface area contributed by atoms with Gasteiger partial charge in [-0.15, -0.1) is 0 Å². The van der Waals surface area contributed by atoms with Crippen LogP contribution in [0.25, 0.3) is 21.8 Å². The summed E-state index contributed by atoms with van der Waals surface area (Å²) in [4.78, 5) is 27.5. The number of aromatic amines is 1. The molecule has 5 nitrogen and oxygen atoms in total. The Balaban J connectivity index is 2.28. The number of nitrogens with one attached hydrogen (secondary N) is 1. The van der Waals surface area contributed by atoms with Crippen molar-refractivity contribution in [3.8, 4) is 0 Å². The van der Waals surface area contributed by atoms with Gasteiger partial charge in [0.05, 0.1) is 24.3 Å². The van der Waals surface area contributed by atoms with Crippen LogP contribution in [-0.4, -0.2) is 30.1 Å². The van der Waals surface area contributed by atoms with E-state index < -0.39 is 11.9 Å². The highest BCUT2D eigenvalue weighted by Crippen LogP contribution is 2.29. The van der Waals surface area contributed by atoms with Gasteiger partial charge in [0.15, 0.2) is 0 Å². The molecule has 0 aliphatic rings. The number of H-pyrrole nitrogens is 1. The molecule has 3 rings (SSSR count). The molecule has 0 saturated carbocycles. The molecule has 0 spiro atoms. The molecule has 1 aromatic heterocycles. The van der Waals surface area contributed by atoms with Crippen LogP contribution in [0, 0.1) is 5.82 Å². The second-order valence-electron chi connectivity index (χ2n) is 5.20. The van der Waals surface area contributed by atoms with Crippen LogP contribution in [0.3, 0.4) is 0 Å². The summed E-state index contributed by atoms with van der Waals surface area (Å²) in [6, 6.07) is 7.41. The summed E-state index contributed by atoms with van der Waals surface area (Å²) in [5.41, 5.74) is 1.55. The molecule has 124 valence electrons. The fraction of sp³-hybridized carbons (Fsp3) is 0.222. The monoisotopic (exact) mass is 329 g/mol. The van der Waals surface area contributed by atoms with E-state index in [0.717, 1.165) is 0 Å². The predicted molar refractivity (Wildman–Crippen MR) is 87.7 cm³/mol. The Morgan fingerprint density at radius 3 is 2.12 bits per heavy atom. The molecule has 0 unspecified atom stereocenters. The van der Waals surface area contributed by atoms with Crippen LogP contribution in [-0.2, 0) is 9.47 Å². The molecule has 0 fully saturated rings. The minimum atomic E-state index is -0.617. The fourth-order valence-corrected chi connectivity index (χ4v) is 2.67. The third-order valence-corrected chi connectivity index (χ3v) is 3.69. The van der Waals surface area contributed by atoms with Gasteiger partial charge in [-0.05, 0) is 44.2 Å². The number of esters is 2. The van der Waals surface area contributed by atoms with Gasteiger partial charge in [-0.1, -0.05) is 0 Å². The number of benzene rings is 2. The van der Waals surface area contributed by atoms with Crippen molar-refractivity contribution in [1.82, 2.24) is 4.98 Å². The van der Waals surface area contributed by atoms with Gasteiger partial charge < -0.3 is 14.5 Å². The second-order valence-corrected chi connectivity index (χ2v) is 5.20. The quantitative estimate of drug-likeness (QED) is 0.739. The van der Waals surface area contributed by atoms with E-state index >= 15 is 0 Å². The standard InChI is InChI=1S/C18H16FNO4/c1-3-23-17(21)13-8-12-11-7-10(19)5-6-15(11)20-16(12)9-14(13)18(22)24-4-2/h5-9,20H,3-4H2,1-2H3. The summed E-state index contributed by atoms with van der Waals surface area (Å²) in [6.07, 6.45) is 0. The first kappa shape index (κ1) is 16.0. The zero-order valence-corrected chi connectivity index (χ0v) is 13.3. The maximum atomic E-state index is 13.6. The zero-order valence-electron chi connectivity index (χ0n) is 13.3. The third-order valence-electron chi connectivity index (χ3n) is 3.69. The van der Waals surface area contributed by atoms with Gasteiger partial charge in [0.2, 0.25) is 0 Å². The smallest absolute Gasteiger partial charge is 0.339 e. The predicted octanol–water partition coefficient (Wildman–Crippen LogP) is 3.81. The Bertz CT molecular complexity index is 945. The van der Waals surface area contributed by atoms with E-state index in [1.807, 2.05) is 0 Å². The van der Waals surface area contributed by atoms with Crippen molar-refractivity contribution in [2.75, 3.05) is 13.2 Å². The Kier molecular flexibility index (Phi) is 4.20. The first-order chi connectivity index (χ1) is 11.5. The number of rotatable bonds is 4. The van der Waals surface area contributed by atoms with Crippen molar-refractivity contribution in [1.29, 1.82) is 0 Å². The van der Waals surface area contributed by atoms with Crippen LogP contribution < -0.4 is 0 Å². The van der Waals surface area contributed by atoms with Gasteiger partial charge in [0.1, 0.15) is 5.82 Å². The second kappa shape index (κ2) is 6.31. The molecule has 1 N–H and O–H groups in total. The maximum absolute atomic E-state index is 13.6. The molecule has 0 aliphatic heterocycles. The molecule has 0 aliphatic carbocycles. The Labute approximate surface area is 137 Å². The maximum Gasteiger partial charge on any atom is 0.339 e. The average Bonchev–Trinajstić information content (AvgIpc) is 2.91. The molecule has 0 radical (unpaired) electrons. The van der Waals surface area contributed by atoms with Crippen LogP contribution in [0.2, 0.25) is 0 Å². The number of fused-ring (bicyclic) bond motifs is 3. The van der Waals surface area contributed by atoms with Gasteiger partial charge in [-0.25, -0.2) is 14.0 Å². The lowest BCUT2D eigenvalue weighted by molar-refractivity contribution is 0.0479. The molecule has 3 aromatic rings. The van der Waals surface area contributed by atoms with E-state index in [2.05, 4.69) is 4.98 Å². The molecular weight excluding hydrogens is 313 g/mol. The average molecular weight is 329 g/mol. The highest BCUT2D eigenvalue weighted by atomic mass is 19.1. The topological polar surface area (TPSA) is 68.4 Å². The van der Waals surface area contributed by atoms with Crippen molar-refractivity contribution in [3.05, 3.63) is 47.3 Å². The summed E-state index contributed by atoms with van der Waals surface area (Å²) in [6.45, 7) is 3.74. The lowest BCUT2D eigenvalue weighted by Crippen LogP contribution is -2.14. The SMILES string of the molecule is CCOC(=O)c1cc2[nH]c3ccc(F)cc3c2cc1C(=O)OCC. The molecule has 0 bridgehead atoms. The minimum absolute atomic E-state index is 0.105. The van der Waals surface area contributed by atoms with Crippen molar-refractivity contribution in [2.24, 2.45) is 0 Å². The van der Waals surface area contributed by atoms with E-state index in [9.17, 15) is 14.0 Å². The van der Waals surface area contributed by atoms with E-state index in [1.165, 1.54) is 24.3 Å². The van der Waals surface area contributed by atoms with Crippen molar-refractivity contribution in [2.45, 2.75) is 13.8 Å². The van der Waals surface area contributed by atoms with Crippen LogP contribution in [0.5, 0.6) is 0 Å². The highest BCUT2D eigenvalue weighted by molar-refractivity contribution is 6.13. The van der Waals surface area contributed by atoms with Gasteiger partial charge in [-0.3, -0.25) is 0 Å². The summed E-state index contributed by atoms with van der Waals surface area (Å²) in [5.74, 6) is -1.60. The zero-order chi connectivity index (χ0) is 17.3. The first-order valence-electron chi connectivity index (χ1n) is 7.64. The number of aromatic nitrogens is 1.